The first kappa shape index (κ1) is 15.5. The minimum Gasteiger partial charge on any atom is -0.464 e. The molecule has 0 aliphatic heterocycles. The lowest BCUT2D eigenvalue weighted by atomic mass is 9.96. The normalized spacial score (nSPS) is 11.2. The molecule has 108 valence electrons. The summed E-state index contributed by atoms with van der Waals surface area (Å²) in [5.74, 6) is 1.10. The van der Waals surface area contributed by atoms with Crippen LogP contribution in [0.1, 0.15) is 47.5 Å². The maximum atomic E-state index is 5.37. The Morgan fingerprint density at radius 2 is 1.63 bits per heavy atom. The van der Waals surface area contributed by atoms with Gasteiger partial charge < -0.3 is 15.4 Å². The van der Waals surface area contributed by atoms with Crippen LogP contribution in [-0.4, -0.2) is 33.6 Å². The van der Waals surface area contributed by atoms with Gasteiger partial charge in [-0.25, -0.2) is 0 Å². The Balaban J connectivity index is 2.98. The molecule has 0 unspecified atom stereocenters. The van der Waals surface area contributed by atoms with Gasteiger partial charge in [-0.15, -0.1) is 0 Å². The molecular weight excluding hydrogens is 242 g/mol. The van der Waals surface area contributed by atoms with E-state index < -0.39 is 0 Å². The molecular formula is C13H25N5O. The van der Waals surface area contributed by atoms with E-state index in [1.165, 1.54) is 0 Å². The summed E-state index contributed by atoms with van der Waals surface area (Å²) in [6.45, 7) is 11.6. The highest BCUT2D eigenvalue weighted by atomic mass is 16.5. The Morgan fingerprint density at radius 3 is 2.16 bits per heavy atom. The zero-order valence-corrected chi connectivity index (χ0v) is 12.6. The van der Waals surface area contributed by atoms with Gasteiger partial charge in [0.2, 0.25) is 11.9 Å². The van der Waals surface area contributed by atoms with Gasteiger partial charge in [0.15, 0.2) is 0 Å². The van der Waals surface area contributed by atoms with Crippen molar-refractivity contribution >= 4 is 11.9 Å². The lowest BCUT2D eigenvalue weighted by molar-refractivity contribution is 0.312. The molecule has 0 fully saturated rings. The van der Waals surface area contributed by atoms with E-state index in [1.54, 1.807) is 0 Å². The highest BCUT2D eigenvalue weighted by Gasteiger charge is 2.21. The van der Waals surface area contributed by atoms with Crippen LogP contribution in [0.3, 0.4) is 0 Å². The van der Waals surface area contributed by atoms with Gasteiger partial charge in [-0.05, 0) is 33.6 Å². The summed E-state index contributed by atoms with van der Waals surface area (Å²) in [4.78, 5) is 12.9. The average Bonchev–Trinajstić information content (AvgIpc) is 2.39. The van der Waals surface area contributed by atoms with Crippen LogP contribution in [0.5, 0.6) is 6.01 Å². The van der Waals surface area contributed by atoms with E-state index in [4.69, 9.17) is 4.74 Å². The summed E-state index contributed by atoms with van der Waals surface area (Å²) < 4.78 is 5.37. The molecule has 0 aliphatic carbocycles. The number of anilines is 2. The van der Waals surface area contributed by atoms with Crippen molar-refractivity contribution in [2.75, 3.05) is 23.8 Å². The number of ether oxygens (including phenoxy) is 1. The fourth-order valence-corrected chi connectivity index (χ4v) is 1.54. The first-order chi connectivity index (χ1) is 9.06. The topological polar surface area (TPSA) is 72.0 Å². The summed E-state index contributed by atoms with van der Waals surface area (Å²) >= 11 is 0. The number of aromatic nitrogens is 3. The van der Waals surface area contributed by atoms with Crippen LogP contribution in [0, 0.1) is 0 Å². The van der Waals surface area contributed by atoms with E-state index in [1.807, 2.05) is 13.8 Å². The van der Waals surface area contributed by atoms with Crippen molar-refractivity contribution in [2.45, 2.75) is 53.0 Å². The zero-order chi connectivity index (χ0) is 14.3. The Bertz CT molecular complexity index is 368. The van der Waals surface area contributed by atoms with Crippen molar-refractivity contribution < 1.29 is 4.74 Å². The van der Waals surface area contributed by atoms with Crippen LogP contribution in [-0.2, 0) is 0 Å². The van der Waals surface area contributed by atoms with Crippen molar-refractivity contribution in [2.24, 2.45) is 0 Å². The minimum absolute atomic E-state index is 0.0195. The van der Waals surface area contributed by atoms with Crippen molar-refractivity contribution in [1.29, 1.82) is 0 Å². The molecule has 1 rings (SSSR count). The molecule has 2 N–H and O–H groups in total. The van der Waals surface area contributed by atoms with Crippen LogP contribution in [0.4, 0.5) is 11.9 Å². The number of hydrogen-bond donors (Lipinski definition) is 2. The molecule has 6 heteroatoms. The fraction of sp³-hybridized carbons (Fsp3) is 0.769. The maximum Gasteiger partial charge on any atom is 0.323 e. The van der Waals surface area contributed by atoms with Gasteiger partial charge in [0.25, 0.3) is 0 Å². The highest BCUT2D eigenvalue weighted by Crippen LogP contribution is 2.21. The lowest BCUT2D eigenvalue weighted by Crippen LogP contribution is -2.34. The molecule has 0 amide bonds. The van der Waals surface area contributed by atoms with Gasteiger partial charge >= 0.3 is 6.01 Å². The number of rotatable bonds is 8. The molecule has 0 atom stereocenters. The van der Waals surface area contributed by atoms with Gasteiger partial charge in [-0.3, -0.25) is 0 Å². The standard InChI is InChI=1S/C13H25N5O/c1-6-13(5,7-2)18-11-15-10(14-8-3)16-12(17-11)19-9-4/h6-9H2,1-5H3,(H2,14,15,16,17,18). The summed E-state index contributed by atoms with van der Waals surface area (Å²) in [6, 6.07) is 0.352. The number of nitrogens with one attached hydrogen (secondary N) is 2. The predicted octanol–water partition coefficient (Wildman–Crippen LogP) is 2.69. The first-order valence-corrected chi connectivity index (χ1v) is 6.97. The van der Waals surface area contributed by atoms with E-state index in [0.717, 1.165) is 19.4 Å². The van der Waals surface area contributed by atoms with Crippen molar-refractivity contribution in [3.05, 3.63) is 0 Å². The summed E-state index contributed by atoms with van der Waals surface area (Å²) in [5, 5.41) is 6.46. The monoisotopic (exact) mass is 267 g/mol. The van der Waals surface area contributed by atoms with Crippen molar-refractivity contribution in [3.8, 4) is 6.01 Å². The van der Waals surface area contributed by atoms with E-state index in [0.29, 0.717) is 24.5 Å². The largest absolute Gasteiger partial charge is 0.464 e. The van der Waals surface area contributed by atoms with Crippen molar-refractivity contribution in [1.82, 2.24) is 15.0 Å². The molecule has 0 saturated heterocycles. The third-order valence-electron chi connectivity index (χ3n) is 3.20. The molecule has 1 aromatic heterocycles. The molecule has 0 aromatic carbocycles. The van der Waals surface area contributed by atoms with Gasteiger partial charge in [-0.1, -0.05) is 13.8 Å². The van der Waals surface area contributed by atoms with E-state index in [-0.39, 0.29) is 5.54 Å². The van der Waals surface area contributed by atoms with Gasteiger partial charge in [0.05, 0.1) is 6.61 Å². The molecule has 0 radical (unpaired) electrons. The molecule has 0 spiro atoms. The van der Waals surface area contributed by atoms with E-state index in [2.05, 4.69) is 46.4 Å². The molecule has 6 nitrogen and oxygen atoms in total. The lowest BCUT2D eigenvalue weighted by Gasteiger charge is -2.28. The number of hydrogen-bond acceptors (Lipinski definition) is 6. The van der Waals surface area contributed by atoms with Crippen LogP contribution >= 0.6 is 0 Å². The molecule has 1 aromatic rings. The molecule has 0 bridgehead atoms. The fourth-order valence-electron chi connectivity index (χ4n) is 1.54. The van der Waals surface area contributed by atoms with Crippen LogP contribution in [0.2, 0.25) is 0 Å². The Hall–Kier alpha value is -1.59. The second kappa shape index (κ2) is 7.11. The molecule has 0 aliphatic rings. The average molecular weight is 267 g/mol. The summed E-state index contributed by atoms with van der Waals surface area (Å²) in [5.41, 5.74) is -0.0195. The quantitative estimate of drug-likeness (QED) is 0.754. The third kappa shape index (κ3) is 4.54. The van der Waals surface area contributed by atoms with Crippen LogP contribution in [0.15, 0.2) is 0 Å². The Morgan fingerprint density at radius 1 is 1.00 bits per heavy atom. The van der Waals surface area contributed by atoms with Crippen LogP contribution in [0.25, 0.3) is 0 Å². The maximum absolute atomic E-state index is 5.37. The predicted molar refractivity (Wildman–Crippen MR) is 77.8 cm³/mol. The van der Waals surface area contributed by atoms with Crippen molar-refractivity contribution in [3.63, 3.8) is 0 Å². The summed E-state index contributed by atoms with van der Waals surface area (Å²) in [6.07, 6.45) is 1.99. The molecule has 1 heterocycles. The Labute approximate surface area is 115 Å². The Kier molecular flexibility index (Phi) is 5.79. The molecule has 19 heavy (non-hydrogen) atoms. The first-order valence-electron chi connectivity index (χ1n) is 6.97. The second-order valence-electron chi connectivity index (χ2n) is 4.62. The third-order valence-corrected chi connectivity index (χ3v) is 3.20. The van der Waals surface area contributed by atoms with Crippen LogP contribution < -0.4 is 15.4 Å². The zero-order valence-electron chi connectivity index (χ0n) is 12.6. The smallest absolute Gasteiger partial charge is 0.323 e. The highest BCUT2D eigenvalue weighted by molar-refractivity contribution is 5.37. The van der Waals surface area contributed by atoms with Gasteiger partial charge in [0, 0.05) is 12.1 Å². The second-order valence-corrected chi connectivity index (χ2v) is 4.62. The van der Waals surface area contributed by atoms with E-state index in [9.17, 15) is 0 Å². The van der Waals surface area contributed by atoms with E-state index >= 15 is 0 Å². The summed E-state index contributed by atoms with van der Waals surface area (Å²) in [7, 11) is 0. The van der Waals surface area contributed by atoms with Gasteiger partial charge in [0.1, 0.15) is 0 Å². The number of nitrogens with zero attached hydrogens (tertiary/aromatic N) is 3. The molecule has 0 saturated carbocycles. The SMILES string of the molecule is CCNc1nc(NC(C)(CC)CC)nc(OCC)n1. The van der Waals surface area contributed by atoms with Gasteiger partial charge in [-0.2, -0.15) is 15.0 Å². The minimum atomic E-state index is -0.0195.